The van der Waals surface area contributed by atoms with Gasteiger partial charge in [-0.1, -0.05) is 19.3 Å². The van der Waals surface area contributed by atoms with Gasteiger partial charge in [0, 0.05) is 12.1 Å². The molecule has 2 atom stereocenters. The highest BCUT2D eigenvalue weighted by atomic mass is 16.1. The van der Waals surface area contributed by atoms with Crippen molar-refractivity contribution in [2.75, 3.05) is 14.1 Å². The Labute approximate surface area is 110 Å². The minimum atomic E-state index is -0.465. The number of nitrogens with zero attached hydrogens (tertiary/aromatic N) is 1. The van der Waals surface area contributed by atoms with Gasteiger partial charge in [-0.25, -0.2) is 0 Å². The lowest BCUT2D eigenvalue weighted by Crippen LogP contribution is -2.53. The molecule has 0 aliphatic heterocycles. The Morgan fingerprint density at radius 1 is 1.22 bits per heavy atom. The Morgan fingerprint density at radius 3 is 2.39 bits per heavy atom. The molecule has 2 aliphatic carbocycles. The number of primary amides is 1. The van der Waals surface area contributed by atoms with E-state index in [4.69, 9.17) is 5.73 Å². The second-order valence-electron chi connectivity index (χ2n) is 6.05. The average Bonchev–Trinajstić information content (AvgIpc) is 2.84. The summed E-state index contributed by atoms with van der Waals surface area (Å²) < 4.78 is 0. The maximum Gasteiger partial charge on any atom is 0.237 e. The van der Waals surface area contributed by atoms with Crippen LogP contribution in [-0.4, -0.2) is 42.5 Å². The Kier molecular flexibility index (Phi) is 4.28. The van der Waals surface area contributed by atoms with Crippen LogP contribution in [-0.2, 0) is 4.79 Å². The fourth-order valence-corrected chi connectivity index (χ4v) is 3.73. The van der Waals surface area contributed by atoms with Gasteiger partial charge in [-0.15, -0.1) is 0 Å². The SMILES string of the molecule is CNC1(C(N)=O)CCC(N(C)C2CCCCC2)C1. The van der Waals surface area contributed by atoms with Gasteiger partial charge in [0.1, 0.15) is 0 Å². The molecular formula is C14H27N3O. The van der Waals surface area contributed by atoms with E-state index in [0.717, 1.165) is 19.3 Å². The quantitative estimate of drug-likeness (QED) is 0.792. The third kappa shape index (κ3) is 2.54. The standard InChI is InChI=1S/C14H27N3O/c1-16-14(13(15)18)9-8-12(10-14)17(2)11-6-4-3-5-7-11/h11-12,16H,3-10H2,1-2H3,(H2,15,18). The summed E-state index contributed by atoms with van der Waals surface area (Å²) in [7, 11) is 4.08. The van der Waals surface area contributed by atoms with Crippen molar-refractivity contribution in [2.45, 2.75) is 69.0 Å². The zero-order chi connectivity index (χ0) is 13.2. The molecule has 2 aliphatic rings. The van der Waals surface area contributed by atoms with Crippen molar-refractivity contribution in [1.29, 1.82) is 0 Å². The first-order chi connectivity index (χ1) is 8.59. The van der Waals surface area contributed by atoms with Crippen LogP contribution < -0.4 is 11.1 Å². The van der Waals surface area contributed by atoms with Crippen LogP contribution in [0.5, 0.6) is 0 Å². The van der Waals surface area contributed by atoms with Crippen LogP contribution >= 0.6 is 0 Å². The van der Waals surface area contributed by atoms with Gasteiger partial charge in [-0.2, -0.15) is 0 Å². The Bertz CT molecular complexity index is 301. The summed E-state index contributed by atoms with van der Waals surface area (Å²) in [6.07, 6.45) is 9.55. The van der Waals surface area contributed by atoms with Crippen LogP contribution in [0.25, 0.3) is 0 Å². The van der Waals surface area contributed by atoms with Crippen LogP contribution in [0.2, 0.25) is 0 Å². The van der Waals surface area contributed by atoms with Gasteiger partial charge in [0.15, 0.2) is 0 Å². The predicted molar refractivity (Wildman–Crippen MR) is 73.3 cm³/mol. The van der Waals surface area contributed by atoms with Crippen LogP contribution in [0.4, 0.5) is 0 Å². The molecule has 3 N–H and O–H groups in total. The van der Waals surface area contributed by atoms with E-state index in [0.29, 0.717) is 12.1 Å². The number of amides is 1. The first-order valence-electron chi connectivity index (χ1n) is 7.30. The summed E-state index contributed by atoms with van der Waals surface area (Å²) >= 11 is 0. The lowest BCUT2D eigenvalue weighted by Gasteiger charge is -2.36. The van der Waals surface area contributed by atoms with Crippen molar-refractivity contribution in [3.05, 3.63) is 0 Å². The van der Waals surface area contributed by atoms with Gasteiger partial charge in [0.2, 0.25) is 5.91 Å². The Morgan fingerprint density at radius 2 is 1.89 bits per heavy atom. The first kappa shape index (κ1) is 13.8. The summed E-state index contributed by atoms with van der Waals surface area (Å²) in [5.74, 6) is -0.190. The van der Waals surface area contributed by atoms with Crippen molar-refractivity contribution >= 4 is 5.91 Å². The number of nitrogens with one attached hydrogen (secondary N) is 1. The Hall–Kier alpha value is -0.610. The summed E-state index contributed by atoms with van der Waals surface area (Å²) in [4.78, 5) is 14.2. The van der Waals surface area contributed by atoms with Gasteiger partial charge < -0.3 is 16.0 Å². The molecule has 0 bridgehead atoms. The van der Waals surface area contributed by atoms with E-state index in [1.807, 2.05) is 7.05 Å². The second kappa shape index (κ2) is 5.57. The smallest absolute Gasteiger partial charge is 0.237 e. The monoisotopic (exact) mass is 253 g/mol. The molecule has 4 nitrogen and oxygen atoms in total. The summed E-state index contributed by atoms with van der Waals surface area (Å²) in [5, 5.41) is 3.16. The molecule has 2 fully saturated rings. The van der Waals surface area contributed by atoms with E-state index in [9.17, 15) is 4.79 Å². The lowest BCUT2D eigenvalue weighted by atomic mass is 9.92. The highest BCUT2D eigenvalue weighted by Gasteiger charge is 2.44. The molecule has 18 heavy (non-hydrogen) atoms. The molecule has 0 aromatic heterocycles. The largest absolute Gasteiger partial charge is 0.368 e. The molecule has 0 heterocycles. The van der Waals surface area contributed by atoms with Crippen molar-refractivity contribution in [3.63, 3.8) is 0 Å². The molecule has 0 radical (unpaired) electrons. The van der Waals surface area contributed by atoms with Gasteiger partial charge in [0.25, 0.3) is 0 Å². The van der Waals surface area contributed by atoms with Crippen LogP contribution in [0, 0.1) is 0 Å². The van der Waals surface area contributed by atoms with Crippen molar-refractivity contribution in [2.24, 2.45) is 5.73 Å². The van der Waals surface area contributed by atoms with Crippen molar-refractivity contribution in [1.82, 2.24) is 10.2 Å². The van der Waals surface area contributed by atoms with Gasteiger partial charge >= 0.3 is 0 Å². The predicted octanol–water partition coefficient (Wildman–Crippen LogP) is 1.25. The third-order valence-electron chi connectivity index (χ3n) is 5.17. The Balaban J connectivity index is 1.96. The van der Waals surface area contributed by atoms with Crippen LogP contribution in [0.15, 0.2) is 0 Å². The number of hydrogen-bond donors (Lipinski definition) is 2. The third-order valence-corrected chi connectivity index (χ3v) is 5.17. The maximum absolute atomic E-state index is 11.6. The molecule has 0 aromatic rings. The van der Waals surface area contributed by atoms with E-state index in [1.165, 1.54) is 32.1 Å². The molecular weight excluding hydrogens is 226 g/mol. The minimum Gasteiger partial charge on any atom is -0.368 e. The van der Waals surface area contributed by atoms with E-state index in [1.54, 1.807) is 0 Å². The molecule has 104 valence electrons. The minimum absolute atomic E-state index is 0.190. The van der Waals surface area contributed by atoms with Crippen molar-refractivity contribution < 1.29 is 4.79 Å². The number of rotatable bonds is 4. The molecule has 2 unspecified atom stereocenters. The number of carbonyl (C=O) groups excluding carboxylic acids is 1. The zero-order valence-electron chi connectivity index (χ0n) is 11.7. The van der Waals surface area contributed by atoms with E-state index >= 15 is 0 Å². The van der Waals surface area contributed by atoms with Gasteiger partial charge in [-0.3, -0.25) is 4.79 Å². The number of likely N-dealkylation sites (N-methyl/N-ethyl adjacent to an activating group) is 1. The average molecular weight is 253 g/mol. The van der Waals surface area contributed by atoms with Gasteiger partial charge in [0.05, 0.1) is 5.54 Å². The molecule has 2 saturated carbocycles. The molecule has 4 heteroatoms. The van der Waals surface area contributed by atoms with Crippen LogP contribution in [0.1, 0.15) is 51.4 Å². The molecule has 1 amide bonds. The topological polar surface area (TPSA) is 58.4 Å². The molecule has 0 spiro atoms. The number of carbonyl (C=O) groups is 1. The second-order valence-corrected chi connectivity index (χ2v) is 6.05. The van der Waals surface area contributed by atoms with E-state index in [2.05, 4.69) is 17.3 Å². The lowest BCUT2D eigenvalue weighted by molar-refractivity contribution is -0.124. The summed E-state index contributed by atoms with van der Waals surface area (Å²) in [6.45, 7) is 0. The molecule has 0 aromatic carbocycles. The van der Waals surface area contributed by atoms with Gasteiger partial charge in [-0.05, 0) is 46.2 Å². The highest BCUT2D eigenvalue weighted by molar-refractivity contribution is 5.85. The van der Waals surface area contributed by atoms with E-state index in [-0.39, 0.29) is 5.91 Å². The first-order valence-corrected chi connectivity index (χ1v) is 7.30. The fourth-order valence-electron chi connectivity index (χ4n) is 3.73. The maximum atomic E-state index is 11.6. The highest BCUT2D eigenvalue weighted by Crippen LogP contribution is 2.35. The number of nitrogens with two attached hydrogens (primary N) is 1. The van der Waals surface area contributed by atoms with Crippen molar-refractivity contribution in [3.8, 4) is 0 Å². The van der Waals surface area contributed by atoms with Crippen LogP contribution in [0.3, 0.4) is 0 Å². The van der Waals surface area contributed by atoms with E-state index < -0.39 is 5.54 Å². The summed E-state index contributed by atoms with van der Waals surface area (Å²) in [6, 6.07) is 1.22. The normalized spacial score (nSPS) is 34.1. The fraction of sp³-hybridized carbons (Fsp3) is 0.929. The summed E-state index contributed by atoms with van der Waals surface area (Å²) in [5.41, 5.74) is 5.10. The zero-order valence-corrected chi connectivity index (χ0v) is 11.7. The number of hydrogen-bond acceptors (Lipinski definition) is 3. The molecule has 2 rings (SSSR count). The molecule has 0 saturated heterocycles.